The quantitative estimate of drug-likeness (QED) is 0.463. The fraction of sp³-hybridized carbons (Fsp3) is 0. The third-order valence-electron chi connectivity index (χ3n) is 2.32. The first-order valence-corrected chi connectivity index (χ1v) is 8.40. The van der Waals surface area contributed by atoms with Crippen molar-refractivity contribution < 1.29 is 18.1 Å². The predicted octanol–water partition coefficient (Wildman–Crippen LogP) is -0.0215. The number of carbonyl (C=O) groups is 1. The van der Waals surface area contributed by atoms with Gasteiger partial charge in [-0.05, 0) is 0 Å². The monoisotopic (exact) mass is 361 g/mol. The molecule has 2 rings (SSSR count). The number of hydrogen-bond donors (Lipinski definition) is 1. The Morgan fingerprint density at radius 3 is 2.35 bits per heavy atom. The minimum atomic E-state index is -3.85. The van der Waals surface area contributed by atoms with Crippen LogP contribution >= 0.6 is 0 Å². The summed E-state index contributed by atoms with van der Waals surface area (Å²) < 4.78 is 24.3. The van der Waals surface area contributed by atoms with Crippen molar-refractivity contribution in [2.24, 2.45) is 5.73 Å². The number of carbonyl (C=O) groups excluding carboxylic acids is 1. The summed E-state index contributed by atoms with van der Waals surface area (Å²) in [6, 6.07) is 4.46. The Balaban J connectivity index is 2.43. The van der Waals surface area contributed by atoms with Gasteiger partial charge < -0.3 is 0 Å². The molecule has 0 aliphatic carbocycles. The molecule has 0 fully saturated rings. The summed E-state index contributed by atoms with van der Waals surface area (Å²) >= 11 is -0.620. The van der Waals surface area contributed by atoms with Crippen molar-refractivity contribution in [3.8, 4) is 0 Å². The van der Waals surface area contributed by atoms with Crippen molar-refractivity contribution in [1.29, 1.82) is 0 Å². The summed E-state index contributed by atoms with van der Waals surface area (Å²) in [5.74, 6) is -0.791. The summed E-state index contributed by atoms with van der Waals surface area (Å²) in [7, 11) is -3.85. The van der Waals surface area contributed by atoms with Crippen molar-refractivity contribution in [3.05, 3.63) is 45.0 Å². The molecule has 0 aliphatic rings. The molecule has 1 heterocycles. The average molecular weight is 360 g/mol. The summed E-state index contributed by atoms with van der Waals surface area (Å²) in [4.78, 5) is 25.8. The second-order valence-corrected chi connectivity index (χ2v) is 7.87. The summed E-state index contributed by atoms with van der Waals surface area (Å²) in [5.41, 5.74) is 4.73. The number of non-ortho nitro benzene ring substituents is 1. The topological polar surface area (TPSA) is 133 Å². The molecule has 0 unspecified atom stereocenters. The molecule has 0 atom stereocenters. The van der Waals surface area contributed by atoms with Gasteiger partial charge in [0.25, 0.3) is 0 Å². The number of sulfone groups is 1. The van der Waals surface area contributed by atoms with Gasteiger partial charge in [-0.25, -0.2) is 0 Å². The third-order valence-corrected chi connectivity index (χ3v) is 6.98. The molecule has 8 nitrogen and oxygen atoms in total. The van der Waals surface area contributed by atoms with Gasteiger partial charge in [0.2, 0.25) is 0 Å². The number of rotatable bonds is 4. The van der Waals surface area contributed by atoms with Gasteiger partial charge >= 0.3 is 119 Å². The summed E-state index contributed by atoms with van der Waals surface area (Å²) in [5, 5.41) is 10.5. The Labute approximate surface area is 119 Å². The number of nitro benzene ring substituents is 1. The molecule has 2 N–H and O–H groups in total. The zero-order valence-electron chi connectivity index (χ0n) is 9.72. The van der Waals surface area contributed by atoms with E-state index < -0.39 is 35.2 Å². The number of nitro groups is 1. The molecular weight excluding hydrogens is 353 g/mol. The second kappa shape index (κ2) is 5.16. The number of primary amides is 1. The van der Waals surface area contributed by atoms with Crippen LogP contribution in [0.25, 0.3) is 0 Å². The van der Waals surface area contributed by atoms with E-state index in [1.807, 2.05) is 0 Å². The molecule has 104 valence electrons. The van der Waals surface area contributed by atoms with Crippen LogP contribution in [0, 0.1) is 10.1 Å². The van der Waals surface area contributed by atoms with E-state index in [1.165, 1.54) is 4.94 Å². The fourth-order valence-corrected chi connectivity index (χ4v) is 5.15. The maximum atomic E-state index is 12.2. The average Bonchev–Trinajstić information content (AvgIpc) is 2.89. The number of benzene rings is 1. The maximum absolute atomic E-state index is 12.2. The van der Waals surface area contributed by atoms with Gasteiger partial charge in [-0.1, -0.05) is 0 Å². The molecule has 0 spiro atoms. The van der Waals surface area contributed by atoms with Crippen LogP contribution in [0.15, 0.2) is 38.0 Å². The molecule has 10 heteroatoms. The van der Waals surface area contributed by atoms with Crippen molar-refractivity contribution in [3.63, 3.8) is 0 Å². The third kappa shape index (κ3) is 2.62. The van der Waals surface area contributed by atoms with Crippen LogP contribution in [-0.4, -0.2) is 38.7 Å². The number of aromatic nitrogens is 1. The van der Waals surface area contributed by atoms with Crippen molar-refractivity contribution in [1.82, 2.24) is 4.98 Å². The standard InChI is InChI=1S/C10H7N3O5SSe/c11-9(14)8-5-20-10(12-8)19(17,18)7-3-1-6(2-4-7)13(15)16/h1-5H,(H2,11,14). The SMILES string of the molecule is NC(=O)c1c[se]c(S(=O)(=O)c2ccc([N+](=O)[O-])cc2)n1. The zero-order valence-corrected chi connectivity index (χ0v) is 12.2. The summed E-state index contributed by atoms with van der Waals surface area (Å²) in [6.07, 6.45) is 0. The predicted molar refractivity (Wildman–Crippen MR) is 68.2 cm³/mol. The Morgan fingerprint density at radius 1 is 1.30 bits per heavy atom. The first-order valence-electron chi connectivity index (χ1n) is 5.07. The van der Waals surface area contributed by atoms with Gasteiger partial charge in [-0.2, -0.15) is 0 Å². The molecule has 0 bridgehead atoms. The number of nitrogens with two attached hydrogens (primary N) is 1. The van der Waals surface area contributed by atoms with Crippen LogP contribution in [-0.2, 0) is 9.84 Å². The van der Waals surface area contributed by atoms with E-state index in [0.717, 1.165) is 24.3 Å². The Hall–Kier alpha value is -2.03. The Kier molecular flexibility index (Phi) is 3.71. The van der Waals surface area contributed by atoms with Crippen LogP contribution in [0.1, 0.15) is 10.5 Å². The van der Waals surface area contributed by atoms with Crippen LogP contribution in [0.2, 0.25) is 0 Å². The normalized spacial score (nSPS) is 11.2. The van der Waals surface area contributed by atoms with Crippen LogP contribution in [0.3, 0.4) is 0 Å². The van der Waals surface area contributed by atoms with E-state index in [-0.39, 0.29) is 20.2 Å². The molecule has 20 heavy (non-hydrogen) atoms. The molecule has 2 aromatic rings. The van der Waals surface area contributed by atoms with Crippen LogP contribution in [0.5, 0.6) is 0 Å². The zero-order chi connectivity index (χ0) is 14.9. The van der Waals surface area contributed by atoms with Gasteiger partial charge in [-0.15, -0.1) is 0 Å². The van der Waals surface area contributed by atoms with Gasteiger partial charge in [0.1, 0.15) is 0 Å². The van der Waals surface area contributed by atoms with E-state index in [1.54, 1.807) is 0 Å². The first-order chi connectivity index (χ1) is 9.32. The molecule has 0 saturated heterocycles. The number of nitrogens with zero attached hydrogens (tertiary/aromatic N) is 2. The minimum absolute atomic E-state index is 0.0783. The van der Waals surface area contributed by atoms with E-state index in [2.05, 4.69) is 4.98 Å². The van der Waals surface area contributed by atoms with E-state index in [0.29, 0.717) is 0 Å². The Bertz CT molecular complexity index is 781. The van der Waals surface area contributed by atoms with Crippen molar-refractivity contribution in [2.75, 3.05) is 0 Å². The molecular formula is C10H7N3O5SSe. The molecule has 0 aliphatic heterocycles. The van der Waals surface area contributed by atoms with E-state index in [4.69, 9.17) is 5.73 Å². The van der Waals surface area contributed by atoms with Crippen molar-refractivity contribution >= 4 is 35.9 Å². The van der Waals surface area contributed by atoms with Gasteiger partial charge in [0.15, 0.2) is 0 Å². The van der Waals surface area contributed by atoms with Gasteiger partial charge in [0, 0.05) is 0 Å². The molecule has 1 aromatic heterocycles. The molecule has 1 aromatic carbocycles. The fourth-order valence-electron chi connectivity index (χ4n) is 1.34. The molecule has 0 saturated carbocycles. The second-order valence-electron chi connectivity index (χ2n) is 3.62. The molecule has 1 amide bonds. The van der Waals surface area contributed by atoms with Gasteiger partial charge in [0.05, 0.1) is 0 Å². The van der Waals surface area contributed by atoms with E-state index in [9.17, 15) is 23.3 Å². The van der Waals surface area contributed by atoms with Crippen LogP contribution in [0.4, 0.5) is 5.69 Å². The number of amides is 1. The number of hydrogen-bond acceptors (Lipinski definition) is 6. The van der Waals surface area contributed by atoms with Crippen LogP contribution < -0.4 is 5.73 Å². The molecule has 0 radical (unpaired) electrons. The van der Waals surface area contributed by atoms with Gasteiger partial charge in [-0.3, -0.25) is 0 Å². The first kappa shape index (κ1) is 14.4. The van der Waals surface area contributed by atoms with Crippen molar-refractivity contribution in [2.45, 2.75) is 8.80 Å². The Morgan fingerprint density at radius 2 is 1.90 bits per heavy atom. The summed E-state index contributed by atoms with van der Waals surface area (Å²) in [6.45, 7) is 0. The van der Waals surface area contributed by atoms with E-state index >= 15 is 0 Å².